The van der Waals surface area contributed by atoms with Crippen molar-refractivity contribution in [2.24, 2.45) is 4.99 Å². The van der Waals surface area contributed by atoms with Crippen molar-refractivity contribution in [3.63, 3.8) is 0 Å². The molecule has 4 nitrogen and oxygen atoms in total. The van der Waals surface area contributed by atoms with Crippen LogP contribution >= 0.6 is 11.6 Å². The summed E-state index contributed by atoms with van der Waals surface area (Å²) in [7, 11) is 1.41. The monoisotopic (exact) mass is 160 g/mol. The molecule has 0 spiro atoms. The standard InChI is InChI=1S/C5H5ClN2O2/c1-4(8(9)10)5(6)3-7-2/h1H2,2H3. The molecule has 0 aromatic heterocycles. The predicted octanol–water partition coefficient (Wildman–Crippen LogP) is 1.20. The number of nitro groups is 1. The minimum atomic E-state index is -0.694. The van der Waals surface area contributed by atoms with Gasteiger partial charge in [0.15, 0.2) is 5.03 Å². The van der Waals surface area contributed by atoms with Crippen molar-refractivity contribution in [1.82, 2.24) is 0 Å². The van der Waals surface area contributed by atoms with Crippen LogP contribution in [-0.2, 0) is 0 Å². The van der Waals surface area contributed by atoms with Crippen LogP contribution in [0.3, 0.4) is 0 Å². The highest BCUT2D eigenvalue weighted by Gasteiger charge is 2.10. The lowest BCUT2D eigenvalue weighted by Crippen LogP contribution is -1.96. The highest BCUT2D eigenvalue weighted by atomic mass is 35.5. The average molecular weight is 161 g/mol. The lowest BCUT2D eigenvalue weighted by Gasteiger charge is -1.86. The molecular formula is C5H5ClN2O2. The number of hydrogen-bond acceptors (Lipinski definition) is 3. The van der Waals surface area contributed by atoms with Gasteiger partial charge in [-0.15, -0.1) is 0 Å². The van der Waals surface area contributed by atoms with Gasteiger partial charge in [-0.25, -0.2) is 4.99 Å². The van der Waals surface area contributed by atoms with Crippen molar-refractivity contribution < 1.29 is 4.92 Å². The Balaban J connectivity index is 4.54. The Morgan fingerprint density at radius 3 is 2.70 bits per heavy atom. The largest absolute Gasteiger partial charge is 0.290 e. The molecular weight excluding hydrogens is 156 g/mol. The van der Waals surface area contributed by atoms with Gasteiger partial charge in [-0.3, -0.25) is 10.1 Å². The Morgan fingerprint density at radius 1 is 1.90 bits per heavy atom. The van der Waals surface area contributed by atoms with Crippen LogP contribution in [0.5, 0.6) is 0 Å². The van der Waals surface area contributed by atoms with Crippen LogP contribution in [0.15, 0.2) is 22.3 Å². The van der Waals surface area contributed by atoms with E-state index in [1.807, 2.05) is 0 Å². The average Bonchev–Trinajstić information content (AvgIpc) is 1.87. The first-order valence-corrected chi connectivity index (χ1v) is 2.68. The normalized spacial score (nSPS) is 7.80. The second-order valence-corrected chi connectivity index (χ2v) is 1.73. The quantitative estimate of drug-likeness (QED) is 0.264. The summed E-state index contributed by atoms with van der Waals surface area (Å²) in [5.41, 5.74) is -0.396. The van der Waals surface area contributed by atoms with Crippen LogP contribution in [0.25, 0.3) is 0 Å². The van der Waals surface area contributed by atoms with Crippen molar-refractivity contribution in [3.8, 4) is 0 Å². The number of rotatable bonds is 2. The maximum Gasteiger partial charge on any atom is 0.290 e. The van der Waals surface area contributed by atoms with Crippen LogP contribution in [-0.4, -0.2) is 17.8 Å². The summed E-state index contributed by atoms with van der Waals surface area (Å²) in [5.74, 6) is 2.19. The van der Waals surface area contributed by atoms with Gasteiger partial charge < -0.3 is 0 Å². The van der Waals surface area contributed by atoms with Gasteiger partial charge in [0, 0.05) is 12.9 Å². The molecule has 0 aromatic carbocycles. The van der Waals surface area contributed by atoms with E-state index in [0.717, 1.165) is 0 Å². The molecule has 0 rings (SSSR count). The Morgan fingerprint density at radius 2 is 2.40 bits per heavy atom. The molecule has 5 heteroatoms. The van der Waals surface area contributed by atoms with E-state index in [1.165, 1.54) is 7.05 Å². The summed E-state index contributed by atoms with van der Waals surface area (Å²) in [4.78, 5) is 12.6. The first-order chi connectivity index (χ1) is 4.59. The molecule has 0 fully saturated rings. The highest BCUT2D eigenvalue weighted by molar-refractivity contribution is 6.35. The summed E-state index contributed by atoms with van der Waals surface area (Å²) in [5, 5.41) is 9.76. The van der Waals surface area contributed by atoms with E-state index < -0.39 is 10.6 Å². The van der Waals surface area contributed by atoms with Crippen molar-refractivity contribution in [2.75, 3.05) is 7.05 Å². The Labute approximate surface area is 62.7 Å². The van der Waals surface area contributed by atoms with E-state index in [-0.39, 0.29) is 5.03 Å². The van der Waals surface area contributed by atoms with E-state index in [2.05, 4.69) is 17.4 Å². The maximum atomic E-state index is 9.93. The Bertz CT molecular complexity index is 228. The van der Waals surface area contributed by atoms with E-state index in [9.17, 15) is 10.1 Å². The molecule has 0 bridgehead atoms. The molecule has 0 aliphatic carbocycles. The third-order valence-electron chi connectivity index (χ3n) is 0.684. The molecule has 0 aromatic rings. The van der Waals surface area contributed by atoms with Crippen molar-refractivity contribution >= 4 is 17.5 Å². The van der Waals surface area contributed by atoms with Crippen molar-refractivity contribution in [2.45, 2.75) is 0 Å². The van der Waals surface area contributed by atoms with Crippen LogP contribution in [0.1, 0.15) is 0 Å². The molecule has 0 radical (unpaired) electrons. The van der Waals surface area contributed by atoms with Crippen LogP contribution in [0.2, 0.25) is 0 Å². The molecule has 10 heavy (non-hydrogen) atoms. The van der Waals surface area contributed by atoms with Gasteiger partial charge in [0.25, 0.3) is 5.70 Å². The number of allylic oxidation sites excluding steroid dienone is 1. The summed E-state index contributed by atoms with van der Waals surface area (Å²) >= 11 is 5.30. The van der Waals surface area contributed by atoms with E-state index in [1.54, 1.807) is 0 Å². The zero-order valence-electron chi connectivity index (χ0n) is 5.30. The second-order valence-electron chi connectivity index (χ2n) is 1.35. The summed E-state index contributed by atoms with van der Waals surface area (Å²) < 4.78 is 0. The number of hydrogen-bond donors (Lipinski definition) is 0. The molecule has 0 saturated carbocycles. The van der Waals surface area contributed by atoms with Gasteiger partial charge in [0.1, 0.15) is 0 Å². The van der Waals surface area contributed by atoms with Gasteiger partial charge in [0.2, 0.25) is 0 Å². The first-order valence-electron chi connectivity index (χ1n) is 2.30. The second kappa shape index (κ2) is 3.82. The zero-order chi connectivity index (χ0) is 8.15. The zero-order valence-corrected chi connectivity index (χ0v) is 6.05. The molecule has 0 atom stereocenters. The van der Waals surface area contributed by atoms with Gasteiger partial charge in [-0.05, 0) is 6.58 Å². The predicted molar refractivity (Wildman–Crippen MR) is 38.9 cm³/mol. The fourth-order valence-corrected chi connectivity index (χ4v) is 0.396. The van der Waals surface area contributed by atoms with Crippen LogP contribution in [0, 0.1) is 10.1 Å². The molecule has 0 amide bonds. The lowest BCUT2D eigenvalue weighted by atomic mass is 10.5. The molecule has 0 saturated heterocycles. The summed E-state index contributed by atoms with van der Waals surface area (Å²) in [6, 6.07) is 0. The van der Waals surface area contributed by atoms with Gasteiger partial charge in [-0.1, -0.05) is 11.6 Å². The third kappa shape index (κ3) is 2.44. The summed E-state index contributed by atoms with van der Waals surface area (Å²) in [6.07, 6.45) is 0. The maximum absolute atomic E-state index is 9.93. The lowest BCUT2D eigenvalue weighted by molar-refractivity contribution is -0.418. The Hall–Kier alpha value is -1.12. The molecule has 0 heterocycles. The van der Waals surface area contributed by atoms with Crippen molar-refractivity contribution in [3.05, 3.63) is 27.4 Å². The topological polar surface area (TPSA) is 55.5 Å². The fourth-order valence-electron chi connectivity index (χ4n) is 0.243. The van der Waals surface area contributed by atoms with E-state index in [0.29, 0.717) is 0 Å². The van der Waals surface area contributed by atoms with Gasteiger partial charge >= 0.3 is 0 Å². The molecule has 0 aliphatic rings. The summed E-state index contributed by atoms with van der Waals surface area (Å²) in [6.45, 7) is 3.08. The number of nitrogens with zero attached hydrogens (tertiary/aromatic N) is 2. The minimum absolute atomic E-state index is 0.174. The van der Waals surface area contributed by atoms with E-state index in [4.69, 9.17) is 11.6 Å². The SMILES string of the molecule is C=C(C(Cl)=C=NC)[N+](=O)[O-]. The number of aliphatic imine (C=N–C) groups is 1. The number of halogens is 1. The molecule has 0 unspecified atom stereocenters. The third-order valence-corrected chi connectivity index (χ3v) is 0.986. The van der Waals surface area contributed by atoms with Crippen molar-refractivity contribution in [1.29, 1.82) is 0 Å². The fraction of sp³-hybridized carbons (Fsp3) is 0.200. The highest BCUT2D eigenvalue weighted by Crippen LogP contribution is 2.08. The minimum Gasteiger partial charge on any atom is -0.258 e. The van der Waals surface area contributed by atoms with Gasteiger partial charge in [0.05, 0.1) is 4.92 Å². The molecule has 54 valence electrons. The van der Waals surface area contributed by atoms with Gasteiger partial charge in [-0.2, -0.15) is 0 Å². The van der Waals surface area contributed by atoms with Crippen LogP contribution < -0.4 is 0 Å². The Kier molecular flexibility index (Phi) is 3.39. The molecule has 0 aliphatic heterocycles. The van der Waals surface area contributed by atoms with Crippen LogP contribution in [0.4, 0.5) is 0 Å². The smallest absolute Gasteiger partial charge is 0.258 e. The van der Waals surface area contributed by atoms with E-state index >= 15 is 0 Å². The first kappa shape index (κ1) is 8.88. The molecule has 0 N–H and O–H groups in total.